The van der Waals surface area contributed by atoms with Crippen molar-refractivity contribution in [3.8, 4) is 0 Å². The number of nitrogens with zero attached hydrogens (tertiary/aromatic N) is 1. The quantitative estimate of drug-likeness (QED) is 0.379. The van der Waals surface area contributed by atoms with Crippen LogP contribution in [0.2, 0.25) is 0 Å². The molecule has 0 fully saturated rings. The van der Waals surface area contributed by atoms with E-state index in [1.807, 2.05) is 7.05 Å². The molecule has 1 unspecified atom stereocenters. The molecule has 0 heterocycles. The number of carbonyl (C=O) groups excluding carboxylic acids is 2. The van der Waals surface area contributed by atoms with Crippen molar-refractivity contribution in [2.75, 3.05) is 34.2 Å². The van der Waals surface area contributed by atoms with Crippen LogP contribution in [0.15, 0.2) is 0 Å². The molecule has 2 N–H and O–H groups in total. The predicted molar refractivity (Wildman–Crippen MR) is 67.2 cm³/mol. The van der Waals surface area contributed by atoms with Crippen molar-refractivity contribution in [3.05, 3.63) is 0 Å². The molecule has 0 bridgehead atoms. The Hall–Kier alpha value is -0.875. The van der Waals surface area contributed by atoms with E-state index >= 15 is 0 Å². The maximum atomic E-state index is 11.8. The molecule has 1 amide bonds. The van der Waals surface area contributed by atoms with Crippen LogP contribution in [0.5, 0.6) is 0 Å². The van der Waals surface area contributed by atoms with Gasteiger partial charge < -0.3 is 15.4 Å². The highest BCUT2D eigenvalue weighted by Crippen LogP contribution is 1.99. The highest BCUT2D eigenvalue weighted by atomic mass is 16.2. The van der Waals surface area contributed by atoms with Crippen LogP contribution >= 0.6 is 0 Å². The number of amides is 1. The van der Waals surface area contributed by atoms with Gasteiger partial charge in [0.15, 0.2) is 7.85 Å². The van der Waals surface area contributed by atoms with E-state index in [0.29, 0.717) is 6.54 Å². The highest BCUT2D eigenvalue weighted by molar-refractivity contribution is 6.57. The van der Waals surface area contributed by atoms with Crippen LogP contribution in [0, 0.1) is 0 Å². The van der Waals surface area contributed by atoms with Gasteiger partial charge in [0, 0.05) is 13.0 Å². The molecule has 0 aliphatic carbocycles. The van der Waals surface area contributed by atoms with Crippen LogP contribution in [0.3, 0.4) is 0 Å². The Kier molecular flexibility index (Phi) is 7.84. The first-order valence-corrected chi connectivity index (χ1v) is 5.57. The molecule has 0 aliphatic heterocycles. The molecular formula is C10H22BN3O2. The SMILES string of the molecule is BC(=O)CC(C(=O)NCCCNC)N(C)C. The molecule has 92 valence electrons. The summed E-state index contributed by atoms with van der Waals surface area (Å²) in [5.41, 5.74) is 0.0316. The minimum absolute atomic E-state index is 0.0316. The summed E-state index contributed by atoms with van der Waals surface area (Å²) < 4.78 is 0. The van der Waals surface area contributed by atoms with Crippen molar-refractivity contribution < 1.29 is 9.59 Å². The minimum Gasteiger partial charge on any atom is -0.355 e. The van der Waals surface area contributed by atoms with E-state index in [2.05, 4.69) is 10.6 Å². The third kappa shape index (κ3) is 6.58. The Morgan fingerprint density at radius 3 is 2.38 bits per heavy atom. The molecule has 0 aromatic rings. The highest BCUT2D eigenvalue weighted by Gasteiger charge is 2.21. The second-order valence-corrected chi connectivity index (χ2v) is 4.13. The molecule has 0 radical (unpaired) electrons. The lowest BCUT2D eigenvalue weighted by Crippen LogP contribution is -2.45. The summed E-state index contributed by atoms with van der Waals surface area (Å²) in [6.07, 6.45) is 1.16. The van der Waals surface area contributed by atoms with Gasteiger partial charge in [-0.3, -0.25) is 9.69 Å². The molecule has 0 spiro atoms. The number of hydrogen-bond acceptors (Lipinski definition) is 4. The molecule has 0 saturated heterocycles. The zero-order valence-corrected chi connectivity index (χ0v) is 10.7. The number of nitrogens with one attached hydrogen (secondary N) is 2. The second kappa shape index (κ2) is 8.30. The zero-order valence-electron chi connectivity index (χ0n) is 10.7. The number of likely N-dealkylation sites (N-methyl/N-ethyl adjacent to an activating group) is 1. The van der Waals surface area contributed by atoms with Gasteiger partial charge in [-0.2, -0.15) is 0 Å². The van der Waals surface area contributed by atoms with Gasteiger partial charge in [0.05, 0.1) is 11.7 Å². The number of hydrogen-bond donors (Lipinski definition) is 2. The monoisotopic (exact) mass is 227 g/mol. The molecule has 0 aromatic heterocycles. The maximum Gasteiger partial charge on any atom is 0.237 e. The van der Waals surface area contributed by atoms with E-state index < -0.39 is 0 Å². The first-order valence-electron chi connectivity index (χ1n) is 5.57. The molecule has 0 saturated carbocycles. The summed E-state index contributed by atoms with van der Waals surface area (Å²) >= 11 is 0. The summed E-state index contributed by atoms with van der Waals surface area (Å²) in [6.45, 7) is 1.52. The third-order valence-corrected chi connectivity index (χ3v) is 2.31. The van der Waals surface area contributed by atoms with Crippen molar-refractivity contribution in [1.82, 2.24) is 15.5 Å². The standard InChI is InChI=1S/C10H22BN3O2/c1-12-5-4-6-13-10(16)8(14(2)3)7-9(11)15/h8,12H,4-7,11H2,1-3H3,(H,13,16). The average Bonchev–Trinajstić information content (AvgIpc) is 2.20. The molecule has 5 nitrogen and oxygen atoms in total. The normalized spacial score (nSPS) is 12.5. The van der Waals surface area contributed by atoms with Gasteiger partial charge in [-0.15, -0.1) is 0 Å². The first kappa shape index (κ1) is 15.1. The van der Waals surface area contributed by atoms with Crippen LogP contribution in [0.25, 0.3) is 0 Å². The summed E-state index contributed by atoms with van der Waals surface area (Å²) in [5, 5.41) is 5.84. The zero-order chi connectivity index (χ0) is 12.6. The summed E-state index contributed by atoms with van der Waals surface area (Å²) in [7, 11) is 6.99. The van der Waals surface area contributed by atoms with Crippen molar-refractivity contribution >= 4 is 19.4 Å². The van der Waals surface area contributed by atoms with Crippen molar-refractivity contribution in [2.24, 2.45) is 0 Å². The Labute approximate surface area is 98.4 Å². The Morgan fingerprint density at radius 2 is 1.94 bits per heavy atom. The third-order valence-electron chi connectivity index (χ3n) is 2.31. The topological polar surface area (TPSA) is 61.4 Å². The summed E-state index contributed by atoms with van der Waals surface area (Å²) in [4.78, 5) is 24.6. The van der Waals surface area contributed by atoms with E-state index in [0.717, 1.165) is 13.0 Å². The number of carbonyl (C=O) groups is 2. The molecule has 1 atom stereocenters. The average molecular weight is 227 g/mol. The minimum atomic E-state index is -0.355. The van der Waals surface area contributed by atoms with Crippen molar-refractivity contribution in [2.45, 2.75) is 18.9 Å². The van der Waals surface area contributed by atoms with E-state index in [9.17, 15) is 9.59 Å². The summed E-state index contributed by atoms with van der Waals surface area (Å²) in [5.74, 6) is -0.0729. The van der Waals surface area contributed by atoms with E-state index in [1.54, 1.807) is 19.0 Å². The predicted octanol–water partition coefficient (Wildman–Crippen LogP) is -1.81. The van der Waals surface area contributed by atoms with Gasteiger partial charge in [0.1, 0.15) is 0 Å². The second-order valence-electron chi connectivity index (χ2n) is 4.13. The fraction of sp³-hybridized carbons (Fsp3) is 0.800. The summed E-state index contributed by atoms with van der Waals surface area (Å²) in [6, 6.07) is -0.355. The number of rotatable bonds is 8. The largest absolute Gasteiger partial charge is 0.355 e. The van der Waals surface area contributed by atoms with E-state index in [-0.39, 0.29) is 24.1 Å². The van der Waals surface area contributed by atoms with Gasteiger partial charge in [0.25, 0.3) is 0 Å². The van der Waals surface area contributed by atoms with Gasteiger partial charge in [0.2, 0.25) is 5.91 Å². The van der Waals surface area contributed by atoms with Crippen LogP contribution in [-0.2, 0) is 9.59 Å². The van der Waals surface area contributed by atoms with Gasteiger partial charge in [-0.1, -0.05) is 0 Å². The molecule has 0 rings (SSSR count). The fourth-order valence-electron chi connectivity index (χ4n) is 1.38. The van der Waals surface area contributed by atoms with Crippen molar-refractivity contribution in [1.29, 1.82) is 0 Å². The van der Waals surface area contributed by atoms with Crippen LogP contribution in [-0.4, -0.2) is 64.6 Å². The fourth-order valence-corrected chi connectivity index (χ4v) is 1.38. The Bertz CT molecular complexity index is 234. The van der Waals surface area contributed by atoms with Gasteiger partial charge in [-0.05, 0) is 34.1 Å². The maximum absolute atomic E-state index is 11.8. The molecule has 0 aromatic carbocycles. The lowest BCUT2D eigenvalue weighted by atomic mass is 9.94. The lowest BCUT2D eigenvalue weighted by Gasteiger charge is -2.22. The Morgan fingerprint density at radius 1 is 1.31 bits per heavy atom. The van der Waals surface area contributed by atoms with Gasteiger partial charge in [-0.25, -0.2) is 0 Å². The molecule has 0 aliphatic rings. The van der Waals surface area contributed by atoms with E-state index in [4.69, 9.17) is 0 Å². The van der Waals surface area contributed by atoms with Gasteiger partial charge >= 0.3 is 0 Å². The first-order chi connectivity index (χ1) is 7.49. The van der Waals surface area contributed by atoms with Crippen molar-refractivity contribution in [3.63, 3.8) is 0 Å². The Balaban J connectivity index is 4.02. The molecule has 16 heavy (non-hydrogen) atoms. The smallest absolute Gasteiger partial charge is 0.237 e. The van der Waals surface area contributed by atoms with Crippen LogP contribution in [0.4, 0.5) is 0 Å². The van der Waals surface area contributed by atoms with Crippen LogP contribution in [0.1, 0.15) is 12.8 Å². The lowest BCUT2D eigenvalue weighted by molar-refractivity contribution is -0.128. The molecular weight excluding hydrogens is 205 g/mol. The van der Waals surface area contributed by atoms with E-state index in [1.165, 1.54) is 7.85 Å². The molecule has 6 heteroatoms. The van der Waals surface area contributed by atoms with Crippen LogP contribution < -0.4 is 10.6 Å².